The van der Waals surface area contributed by atoms with Gasteiger partial charge in [0.2, 0.25) is 11.8 Å². The first-order chi connectivity index (χ1) is 8.19. The second-order valence-corrected chi connectivity index (χ2v) is 4.17. The van der Waals surface area contributed by atoms with E-state index in [-0.39, 0.29) is 5.92 Å². The highest BCUT2D eigenvalue weighted by molar-refractivity contribution is 4.97. The van der Waals surface area contributed by atoms with Gasteiger partial charge in [0.1, 0.15) is 5.76 Å². The molecule has 0 saturated carbocycles. The Morgan fingerprint density at radius 1 is 1.29 bits per heavy atom. The molecule has 0 spiro atoms. The van der Waals surface area contributed by atoms with Crippen LogP contribution >= 0.6 is 0 Å². The molecule has 0 radical (unpaired) electrons. The predicted molar refractivity (Wildman–Crippen MR) is 61.7 cm³/mol. The maximum Gasteiger partial charge on any atom is 0.219 e. The van der Waals surface area contributed by atoms with Crippen LogP contribution in [0.2, 0.25) is 0 Å². The molecule has 92 valence electrons. The first kappa shape index (κ1) is 11.8. The number of oxazole rings is 1. The summed E-state index contributed by atoms with van der Waals surface area (Å²) in [6.07, 6.45) is 4.39. The van der Waals surface area contributed by atoms with E-state index in [1.165, 1.54) is 0 Å². The van der Waals surface area contributed by atoms with Gasteiger partial charge in [0.25, 0.3) is 0 Å². The highest BCUT2D eigenvalue weighted by Crippen LogP contribution is 2.20. The third-order valence-corrected chi connectivity index (χ3v) is 2.69. The van der Waals surface area contributed by atoms with Crippen molar-refractivity contribution in [2.24, 2.45) is 0 Å². The quantitative estimate of drug-likeness (QED) is 0.797. The second kappa shape index (κ2) is 5.12. The van der Waals surface area contributed by atoms with Crippen molar-refractivity contribution in [1.29, 1.82) is 0 Å². The first-order valence-electron chi connectivity index (χ1n) is 5.92. The summed E-state index contributed by atoms with van der Waals surface area (Å²) in [5.74, 6) is 3.26. The van der Waals surface area contributed by atoms with Gasteiger partial charge in [-0.1, -0.05) is 13.8 Å². The molecular weight excluding hydrogens is 218 g/mol. The van der Waals surface area contributed by atoms with Crippen molar-refractivity contribution >= 4 is 0 Å². The van der Waals surface area contributed by atoms with Crippen LogP contribution in [0.1, 0.15) is 49.6 Å². The molecule has 0 aliphatic rings. The van der Waals surface area contributed by atoms with Gasteiger partial charge in [0.05, 0.1) is 6.20 Å². The van der Waals surface area contributed by atoms with Crippen LogP contribution < -0.4 is 0 Å². The van der Waals surface area contributed by atoms with Gasteiger partial charge < -0.3 is 8.83 Å². The van der Waals surface area contributed by atoms with Crippen molar-refractivity contribution in [2.75, 3.05) is 0 Å². The fraction of sp³-hybridized carbons (Fsp3) is 0.583. The van der Waals surface area contributed by atoms with E-state index >= 15 is 0 Å². The highest BCUT2D eigenvalue weighted by atomic mass is 16.4. The van der Waals surface area contributed by atoms with E-state index in [0.29, 0.717) is 11.8 Å². The molecule has 0 N–H and O–H groups in total. The van der Waals surface area contributed by atoms with Crippen LogP contribution in [0.25, 0.3) is 0 Å². The molecule has 0 saturated heterocycles. The maximum absolute atomic E-state index is 5.55. The lowest BCUT2D eigenvalue weighted by Crippen LogP contribution is -1.96. The summed E-state index contributed by atoms with van der Waals surface area (Å²) in [6.45, 7) is 5.90. The number of aryl methyl sites for hydroxylation is 3. The largest absolute Gasteiger partial charge is 0.446 e. The molecule has 5 nitrogen and oxygen atoms in total. The Labute approximate surface area is 100 Å². The number of hydrogen-bond acceptors (Lipinski definition) is 5. The molecule has 2 aromatic rings. The van der Waals surface area contributed by atoms with Crippen LogP contribution in [0.3, 0.4) is 0 Å². The van der Waals surface area contributed by atoms with E-state index in [4.69, 9.17) is 8.83 Å². The molecule has 0 aliphatic carbocycles. The van der Waals surface area contributed by atoms with Gasteiger partial charge in [0, 0.05) is 25.7 Å². The molecule has 0 amide bonds. The topological polar surface area (TPSA) is 65.0 Å². The van der Waals surface area contributed by atoms with E-state index in [0.717, 1.165) is 30.9 Å². The minimum Gasteiger partial charge on any atom is -0.446 e. The average Bonchev–Trinajstić information content (AvgIpc) is 2.94. The Kier molecular flexibility index (Phi) is 3.56. The van der Waals surface area contributed by atoms with Gasteiger partial charge in [-0.3, -0.25) is 0 Å². The van der Waals surface area contributed by atoms with Crippen molar-refractivity contribution in [1.82, 2.24) is 15.2 Å². The molecule has 1 unspecified atom stereocenters. The van der Waals surface area contributed by atoms with Crippen LogP contribution in [-0.2, 0) is 12.8 Å². The van der Waals surface area contributed by atoms with Crippen LogP contribution in [0.15, 0.2) is 15.0 Å². The van der Waals surface area contributed by atoms with Crippen molar-refractivity contribution in [3.05, 3.63) is 29.6 Å². The third-order valence-electron chi connectivity index (χ3n) is 2.69. The van der Waals surface area contributed by atoms with Crippen LogP contribution in [0, 0.1) is 6.92 Å². The lowest BCUT2D eigenvalue weighted by Gasteiger charge is -2.03. The Bertz CT molecular complexity index is 476. The van der Waals surface area contributed by atoms with Crippen molar-refractivity contribution in [3.63, 3.8) is 0 Å². The van der Waals surface area contributed by atoms with Gasteiger partial charge >= 0.3 is 0 Å². The van der Waals surface area contributed by atoms with Crippen molar-refractivity contribution in [3.8, 4) is 0 Å². The standard InChI is InChI=1S/C12H17N3O2/c1-4-11-13-7-10(17-11)6-5-8(2)12-15-14-9(3)16-12/h7-8H,4-6H2,1-3H3. The minimum absolute atomic E-state index is 0.242. The second-order valence-electron chi connectivity index (χ2n) is 4.17. The molecule has 0 aliphatic heterocycles. The summed E-state index contributed by atoms with van der Waals surface area (Å²) in [5, 5.41) is 7.84. The molecular formula is C12H17N3O2. The van der Waals surface area contributed by atoms with Gasteiger partial charge in [-0.2, -0.15) is 0 Å². The lowest BCUT2D eigenvalue weighted by atomic mass is 10.1. The Balaban J connectivity index is 1.89. The smallest absolute Gasteiger partial charge is 0.219 e. The van der Waals surface area contributed by atoms with Crippen LogP contribution in [0.5, 0.6) is 0 Å². The van der Waals surface area contributed by atoms with Crippen molar-refractivity contribution in [2.45, 2.75) is 46.0 Å². The van der Waals surface area contributed by atoms with Crippen LogP contribution in [-0.4, -0.2) is 15.2 Å². The summed E-state index contributed by atoms with van der Waals surface area (Å²) >= 11 is 0. The van der Waals surface area contributed by atoms with Gasteiger partial charge in [0.15, 0.2) is 5.89 Å². The monoisotopic (exact) mass is 235 g/mol. The molecule has 2 aromatic heterocycles. The number of aromatic nitrogens is 3. The first-order valence-corrected chi connectivity index (χ1v) is 5.92. The molecule has 0 aromatic carbocycles. The normalized spacial score (nSPS) is 12.9. The summed E-state index contributed by atoms with van der Waals surface area (Å²) in [7, 11) is 0. The molecule has 0 fully saturated rings. The number of nitrogens with zero attached hydrogens (tertiary/aromatic N) is 3. The van der Waals surface area contributed by atoms with E-state index in [9.17, 15) is 0 Å². The minimum atomic E-state index is 0.242. The molecule has 2 heterocycles. The zero-order valence-corrected chi connectivity index (χ0v) is 10.4. The lowest BCUT2D eigenvalue weighted by molar-refractivity contribution is 0.410. The fourth-order valence-electron chi connectivity index (χ4n) is 1.62. The molecule has 2 rings (SSSR count). The highest BCUT2D eigenvalue weighted by Gasteiger charge is 2.13. The molecule has 5 heteroatoms. The summed E-state index contributed by atoms with van der Waals surface area (Å²) in [6, 6.07) is 0. The Morgan fingerprint density at radius 3 is 2.71 bits per heavy atom. The summed E-state index contributed by atoms with van der Waals surface area (Å²) < 4.78 is 10.9. The SMILES string of the molecule is CCc1ncc(CCC(C)c2nnc(C)o2)o1. The Hall–Kier alpha value is -1.65. The molecule has 17 heavy (non-hydrogen) atoms. The van der Waals surface area contributed by atoms with Crippen molar-refractivity contribution < 1.29 is 8.83 Å². The fourth-order valence-corrected chi connectivity index (χ4v) is 1.62. The maximum atomic E-state index is 5.55. The van der Waals surface area contributed by atoms with Crippen LogP contribution in [0.4, 0.5) is 0 Å². The molecule has 0 bridgehead atoms. The van der Waals surface area contributed by atoms with E-state index in [1.54, 1.807) is 13.1 Å². The zero-order valence-electron chi connectivity index (χ0n) is 10.4. The molecule has 1 atom stereocenters. The van der Waals surface area contributed by atoms with E-state index in [1.807, 2.05) is 6.92 Å². The van der Waals surface area contributed by atoms with E-state index in [2.05, 4.69) is 22.1 Å². The zero-order chi connectivity index (χ0) is 12.3. The summed E-state index contributed by atoms with van der Waals surface area (Å²) in [4.78, 5) is 4.17. The number of hydrogen-bond donors (Lipinski definition) is 0. The summed E-state index contributed by atoms with van der Waals surface area (Å²) in [5.41, 5.74) is 0. The predicted octanol–water partition coefficient (Wildman–Crippen LogP) is 2.66. The van der Waals surface area contributed by atoms with E-state index < -0.39 is 0 Å². The average molecular weight is 235 g/mol. The number of rotatable bonds is 5. The van der Waals surface area contributed by atoms with Gasteiger partial charge in [-0.25, -0.2) is 4.98 Å². The van der Waals surface area contributed by atoms with Gasteiger partial charge in [-0.05, 0) is 6.42 Å². The van der Waals surface area contributed by atoms with Gasteiger partial charge in [-0.15, -0.1) is 10.2 Å². The Morgan fingerprint density at radius 2 is 2.12 bits per heavy atom. The third kappa shape index (κ3) is 2.93.